The summed E-state index contributed by atoms with van der Waals surface area (Å²) in [6.45, 7) is 7.60. The number of benzene rings is 3. The standard InChI is InChI=1S/C28H32N4O2/c1-30-13-15-31(16-14-30)26-9-5-22(6-10-26)23-3-2-4-24(21-23)28(33)29-25-7-11-27(12-8-25)32-17-19-34-20-18-32/h2-12,21H,13-20H2,1H3,(H,29,33). The first-order valence-corrected chi connectivity index (χ1v) is 12.0. The molecule has 2 aliphatic rings. The fraction of sp³-hybridized carbons (Fsp3) is 0.321. The van der Waals surface area contributed by atoms with Crippen LogP contribution in [-0.2, 0) is 4.74 Å². The lowest BCUT2D eigenvalue weighted by atomic mass is 10.0. The van der Waals surface area contributed by atoms with Crippen molar-refractivity contribution in [2.24, 2.45) is 0 Å². The molecule has 2 aliphatic heterocycles. The van der Waals surface area contributed by atoms with Gasteiger partial charge in [0.2, 0.25) is 0 Å². The topological polar surface area (TPSA) is 48.0 Å². The Balaban J connectivity index is 1.24. The van der Waals surface area contributed by atoms with Crippen molar-refractivity contribution in [2.75, 3.05) is 74.6 Å². The molecule has 5 rings (SSSR count). The van der Waals surface area contributed by atoms with E-state index in [1.807, 2.05) is 30.3 Å². The number of nitrogens with zero attached hydrogens (tertiary/aromatic N) is 3. The summed E-state index contributed by atoms with van der Waals surface area (Å²) in [6.07, 6.45) is 0. The Morgan fingerprint density at radius 2 is 1.35 bits per heavy atom. The maximum Gasteiger partial charge on any atom is 0.255 e. The van der Waals surface area contributed by atoms with E-state index in [2.05, 4.69) is 69.5 Å². The lowest BCUT2D eigenvalue weighted by Gasteiger charge is -2.34. The summed E-state index contributed by atoms with van der Waals surface area (Å²) in [7, 11) is 2.17. The highest BCUT2D eigenvalue weighted by atomic mass is 16.5. The van der Waals surface area contributed by atoms with Gasteiger partial charge >= 0.3 is 0 Å². The van der Waals surface area contributed by atoms with Gasteiger partial charge in [0, 0.05) is 61.9 Å². The summed E-state index contributed by atoms with van der Waals surface area (Å²) in [4.78, 5) is 20.0. The molecule has 6 nitrogen and oxygen atoms in total. The molecule has 2 fully saturated rings. The van der Waals surface area contributed by atoms with Gasteiger partial charge in [-0.15, -0.1) is 0 Å². The summed E-state index contributed by atoms with van der Waals surface area (Å²) < 4.78 is 5.42. The second kappa shape index (κ2) is 10.3. The molecule has 1 amide bonds. The number of carbonyl (C=O) groups excluding carboxylic acids is 1. The Morgan fingerprint density at radius 3 is 2.03 bits per heavy atom. The minimum Gasteiger partial charge on any atom is -0.378 e. The second-order valence-electron chi connectivity index (χ2n) is 9.02. The fourth-order valence-corrected chi connectivity index (χ4v) is 4.55. The number of ether oxygens (including phenoxy) is 1. The van der Waals surface area contributed by atoms with Gasteiger partial charge in [-0.3, -0.25) is 4.79 Å². The van der Waals surface area contributed by atoms with E-state index in [0.717, 1.165) is 75.0 Å². The van der Waals surface area contributed by atoms with E-state index in [9.17, 15) is 4.79 Å². The van der Waals surface area contributed by atoms with E-state index < -0.39 is 0 Å². The van der Waals surface area contributed by atoms with Crippen molar-refractivity contribution in [2.45, 2.75) is 0 Å². The average molecular weight is 457 g/mol. The van der Waals surface area contributed by atoms with Gasteiger partial charge in [0.15, 0.2) is 0 Å². The average Bonchev–Trinajstić information content (AvgIpc) is 2.90. The largest absolute Gasteiger partial charge is 0.378 e. The highest BCUT2D eigenvalue weighted by Gasteiger charge is 2.15. The Kier molecular flexibility index (Phi) is 6.79. The monoisotopic (exact) mass is 456 g/mol. The predicted molar refractivity (Wildman–Crippen MR) is 139 cm³/mol. The Bertz CT molecular complexity index is 1100. The zero-order chi connectivity index (χ0) is 23.3. The number of hydrogen-bond acceptors (Lipinski definition) is 5. The van der Waals surface area contributed by atoms with E-state index in [-0.39, 0.29) is 5.91 Å². The van der Waals surface area contributed by atoms with Crippen molar-refractivity contribution < 1.29 is 9.53 Å². The third kappa shape index (κ3) is 5.24. The van der Waals surface area contributed by atoms with Gasteiger partial charge in [0.25, 0.3) is 5.91 Å². The third-order valence-electron chi connectivity index (χ3n) is 6.70. The molecule has 3 aromatic carbocycles. The van der Waals surface area contributed by atoms with Gasteiger partial charge in [-0.1, -0.05) is 24.3 Å². The number of carbonyl (C=O) groups is 1. The Hall–Kier alpha value is -3.35. The molecule has 0 radical (unpaired) electrons. The number of amides is 1. The van der Waals surface area contributed by atoms with Crippen LogP contribution >= 0.6 is 0 Å². The first kappa shape index (κ1) is 22.4. The van der Waals surface area contributed by atoms with Crippen LogP contribution in [0.5, 0.6) is 0 Å². The maximum atomic E-state index is 12.9. The molecule has 0 saturated carbocycles. The molecular weight excluding hydrogens is 424 g/mol. The van der Waals surface area contributed by atoms with Crippen molar-refractivity contribution in [3.63, 3.8) is 0 Å². The lowest BCUT2D eigenvalue weighted by Crippen LogP contribution is -2.44. The summed E-state index contributed by atoms with van der Waals surface area (Å²) >= 11 is 0. The van der Waals surface area contributed by atoms with Crippen molar-refractivity contribution in [3.8, 4) is 11.1 Å². The Morgan fingerprint density at radius 1 is 0.735 bits per heavy atom. The SMILES string of the molecule is CN1CCN(c2ccc(-c3cccc(C(=O)Nc4ccc(N5CCOCC5)cc4)c3)cc2)CC1. The molecule has 2 heterocycles. The molecular formula is C28H32N4O2. The first-order valence-electron chi connectivity index (χ1n) is 12.0. The quantitative estimate of drug-likeness (QED) is 0.624. The number of likely N-dealkylation sites (N-methyl/N-ethyl adjacent to an activating group) is 1. The number of morpholine rings is 1. The zero-order valence-electron chi connectivity index (χ0n) is 19.7. The molecule has 3 aromatic rings. The van der Waals surface area contributed by atoms with Gasteiger partial charge in [0.1, 0.15) is 0 Å². The summed E-state index contributed by atoms with van der Waals surface area (Å²) in [5.41, 5.74) is 6.01. The second-order valence-corrected chi connectivity index (χ2v) is 9.02. The number of piperazine rings is 1. The smallest absolute Gasteiger partial charge is 0.255 e. The van der Waals surface area contributed by atoms with E-state index in [1.165, 1.54) is 5.69 Å². The molecule has 0 bridgehead atoms. The molecule has 34 heavy (non-hydrogen) atoms. The molecule has 0 unspecified atom stereocenters. The molecule has 0 aliphatic carbocycles. The van der Waals surface area contributed by atoms with E-state index >= 15 is 0 Å². The number of rotatable bonds is 5. The highest BCUT2D eigenvalue weighted by molar-refractivity contribution is 6.05. The van der Waals surface area contributed by atoms with Crippen LogP contribution in [0.2, 0.25) is 0 Å². The van der Waals surface area contributed by atoms with Crippen molar-refractivity contribution >= 4 is 23.0 Å². The third-order valence-corrected chi connectivity index (χ3v) is 6.70. The normalized spacial score (nSPS) is 17.0. The van der Waals surface area contributed by atoms with Crippen LogP contribution < -0.4 is 15.1 Å². The van der Waals surface area contributed by atoms with Gasteiger partial charge < -0.3 is 24.8 Å². The van der Waals surface area contributed by atoms with Crippen LogP contribution in [-0.4, -0.2) is 70.3 Å². The number of hydrogen-bond donors (Lipinski definition) is 1. The molecule has 2 saturated heterocycles. The van der Waals surface area contributed by atoms with Crippen LogP contribution in [0.4, 0.5) is 17.1 Å². The van der Waals surface area contributed by atoms with E-state index in [4.69, 9.17) is 4.74 Å². The summed E-state index contributed by atoms with van der Waals surface area (Å²) in [5.74, 6) is -0.102. The van der Waals surface area contributed by atoms with Crippen LogP contribution in [0.1, 0.15) is 10.4 Å². The minimum absolute atomic E-state index is 0.102. The molecule has 0 aromatic heterocycles. The van der Waals surface area contributed by atoms with Crippen LogP contribution in [0.15, 0.2) is 72.8 Å². The van der Waals surface area contributed by atoms with Crippen LogP contribution in [0.3, 0.4) is 0 Å². The molecule has 0 atom stereocenters. The molecule has 1 N–H and O–H groups in total. The van der Waals surface area contributed by atoms with Gasteiger partial charge in [0.05, 0.1) is 13.2 Å². The maximum absolute atomic E-state index is 12.9. The minimum atomic E-state index is -0.102. The molecule has 6 heteroatoms. The van der Waals surface area contributed by atoms with Crippen molar-refractivity contribution in [1.82, 2.24) is 4.90 Å². The predicted octanol–water partition coefficient (Wildman–Crippen LogP) is 4.19. The van der Waals surface area contributed by atoms with Crippen molar-refractivity contribution in [3.05, 3.63) is 78.4 Å². The van der Waals surface area contributed by atoms with Crippen LogP contribution in [0, 0.1) is 0 Å². The lowest BCUT2D eigenvalue weighted by molar-refractivity contribution is 0.102. The number of anilines is 3. The zero-order valence-corrected chi connectivity index (χ0v) is 19.7. The van der Waals surface area contributed by atoms with Gasteiger partial charge in [-0.2, -0.15) is 0 Å². The summed E-state index contributed by atoms with van der Waals surface area (Å²) in [6, 6.07) is 24.5. The fourth-order valence-electron chi connectivity index (χ4n) is 4.55. The molecule has 176 valence electrons. The Labute approximate surface area is 201 Å². The van der Waals surface area contributed by atoms with Crippen molar-refractivity contribution in [1.29, 1.82) is 0 Å². The van der Waals surface area contributed by atoms with E-state index in [1.54, 1.807) is 0 Å². The summed E-state index contributed by atoms with van der Waals surface area (Å²) in [5, 5.41) is 3.03. The van der Waals surface area contributed by atoms with Gasteiger partial charge in [-0.25, -0.2) is 0 Å². The molecule has 0 spiro atoms. The highest BCUT2D eigenvalue weighted by Crippen LogP contribution is 2.25. The first-order chi connectivity index (χ1) is 16.7. The van der Waals surface area contributed by atoms with Crippen LogP contribution in [0.25, 0.3) is 11.1 Å². The van der Waals surface area contributed by atoms with Gasteiger partial charge in [-0.05, 0) is 66.7 Å². The van der Waals surface area contributed by atoms with E-state index in [0.29, 0.717) is 5.56 Å². The number of nitrogens with one attached hydrogen (secondary N) is 1.